The quantitative estimate of drug-likeness (QED) is 0.483. The van der Waals surface area contributed by atoms with Crippen LogP contribution in [0, 0.1) is 17.0 Å². The highest BCUT2D eigenvalue weighted by Crippen LogP contribution is 2.20. The number of non-ortho nitro benzene ring substituents is 1. The molecule has 0 saturated carbocycles. The second kappa shape index (κ2) is 9.78. The molecular weight excluding hydrogens is 444 g/mol. The van der Waals surface area contributed by atoms with Gasteiger partial charge in [0.15, 0.2) is 0 Å². The summed E-state index contributed by atoms with van der Waals surface area (Å²) >= 11 is 3.35. The molecule has 29 heavy (non-hydrogen) atoms. The number of halogens is 1. The second-order valence-corrected chi connectivity index (χ2v) is 7.16. The maximum Gasteiger partial charge on any atom is 0.270 e. The lowest BCUT2D eigenvalue weighted by molar-refractivity contribution is -0.384. The van der Waals surface area contributed by atoms with Crippen molar-refractivity contribution in [3.63, 3.8) is 0 Å². The number of nitro benzene ring substituents is 1. The SMILES string of the molecule is Cc1cc(Br)ccc1NC(=O)CN(C)C(=O)CNC(=O)c1cccc([N+](=O)[O-])c1. The number of hydrogen-bond donors (Lipinski definition) is 2. The molecule has 0 heterocycles. The number of rotatable bonds is 7. The van der Waals surface area contributed by atoms with E-state index in [0.717, 1.165) is 16.1 Å². The number of likely N-dealkylation sites (N-methyl/N-ethyl adjacent to an activating group) is 1. The number of nitrogens with zero attached hydrogens (tertiary/aromatic N) is 2. The largest absolute Gasteiger partial charge is 0.343 e. The van der Waals surface area contributed by atoms with Gasteiger partial charge >= 0.3 is 0 Å². The Labute approximate surface area is 175 Å². The molecule has 3 amide bonds. The lowest BCUT2D eigenvalue weighted by Gasteiger charge is -2.17. The maximum atomic E-state index is 12.2. The summed E-state index contributed by atoms with van der Waals surface area (Å²) in [5.74, 6) is -1.48. The van der Waals surface area contributed by atoms with Crippen molar-refractivity contribution >= 4 is 45.0 Å². The highest BCUT2D eigenvalue weighted by molar-refractivity contribution is 9.10. The Hall–Kier alpha value is -3.27. The molecule has 0 aromatic heterocycles. The zero-order valence-electron chi connectivity index (χ0n) is 15.8. The molecular formula is C19H19BrN4O5. The lowest BCUT2D eigenvalue weighted by atomic mass is 10.2. The van der Waals surface area contributed by atoms with Gasteiger partial charge in [0.2, 0.25) is 11.8 Å². The molecule has 0 fully saturated rings. The monoisotopic (exact) mass is 462 g/mol. The zero-order valence-corrected chi connectivity index (χ0v) is 17.4. The number of carbonyl (C=O) groups is 3. The third-order valence-corrected chi connectivity index (χ3v) is 4.48. The average Bonchev–Trinajstić information content (AvgIpc) is 2.68. The first-order valence-corrected chi connectivity index (χ1v) is 9.29. The Bertz CT molecular complexity index is 963. The molecule has 0 bridgehead atoms. The molecule has 152 valence electrons. The standard InChI is InChI=1S/C19H19BrN4O5/c1-12-8-14(20)6-7-16(12)22-17(25)11-23(2)18(26)10-21-19(27)13-4-3-5-15(9-13)24(28)29/h3-9H,10-11H2,1-2H3,(H,21,27)(H,22,25). The van der Waals surface area contributed by atoms with E-state index in [4.69, 9.17) is 0 Å². The van der Waals surface area contributed by atoms with Gasteiger partial charge in [0, 0.05) is 34.9 Å². The van der Waals surface area contributed by atoms with Crippen LogP contribution < -0.4 is 10.6 Å². The highest BCUT2D eigenvalue weighted by Gasteiger charge is 2.16. The predicted molar refractivity (Wildman–Crippen MR) is 111 cm³/mol. The van der Waals surface area contributed by atoms with Crippen molar-refractivity contribution in [2.24, 2.45) is 0 Å². The smallest absolute Gasteiger partial charge is 0.270 e. The number of aryl methyl sites for hydroxylation is 1. The molecule has 0 unspecified atom stereocenters. The molecule has 0 radical (unpaired) electrons. The Morgan fingerprint density at radius 2 is 1.90 bits per heavy atom. The van der Waals surface area contributed by atoms with Crippen LogP contribution in [0.25, 0.3) is 0 Å². The van der Waals surface area contributed by atoms with E-state index >= 15 is 0 Å². The minimum absolute atomic E-state index is 0.0677. The third kappa shape index (κ3) is 6.39. The lowest BCUT2D eigenvalue weighted by Crippen LogP contribution is -2.41. The maximum absolute atomic E-state index is 12.2. The summed E-state index contributed by atoms with van der Waals surface area (Å²) in [5, 5.41) is 15.9. The Kier molecular flexibility index (Phi) is 7.43. The van der Waals surface area contributed by atoms with Crippen LogP contribution in [0.1, 0.15) is 15.9 Å². The van der Waals surface area contributed by atoms with E-state index in [1.165, 1.54) is 30.1 Å². The first-order valence-electron chi connectivity index (χ1n) is 8.50. The van der Waals surface area contributed by atoms with Gasteiger partial charge in [-0.3, -0.25) is 24.5 Å². The molecule has 0 spiro atoms. The first kappa shape index (κ1) is 22.0. The molecule has 0 atom stereocenters. The van der Waals surface area contributed by atoms with E-state index < -0.39 is 16.7 Å². The van der Waals surface area contributed by atoms with E-state index in [9.17, 15) is 24.5 Å². The molecule has 2 N–H and O–H groups in total. The fourth-order valence-corrected chi connectivity index (χ4v) is 2.89. The highest BCUT2D eigenvalue weighted by atomic mass is 79.9. The summed E-state index contributed by atoms with van der Waals surface area (Å²) in [5.41, 5.74) is 1.35. The van der Waals surface area contributed by atoms with Crippen molar-refractivity contribution in [1.82, 2.24) is 10.2 Å². The van der Waals surface area contributed by atoms with Crippen molar-refractivity contribution in [3.05, 3.63) is 68.2 Å². The molecule has 0 aliphatic carbocycles. The van der Waals surface area contributed by atoms with Crippen LogP contribution in [0.4, 0.5) is 11.4 Å². The number of nitrogens with one attached hydrogen (secondary N) is 2. The van der Waals surface area contributed by atoms with Crippen molar-refractivity contribution in [2.75, 3.05) is 25.5 Å². The second-order valence-electron chi connectivity index (χ2n) is 6.25. The van der Waals surface area contributed by atoms with Crippen LogP contribution in [-0.4, -0.2) is 47.7 Å². The molecule has 2 aromatic rings. The van der Waals surface area contributed by atoms with Gasteiger partial charge in [0.25, 0.3) is 11.6 Å². The van der Waals surface area contributed by atoms with Gasteiger partial charge in [0.05, 0.1) is 18.0 Å². The van der Waals surface area contributed by atoms with Gasteiger partial charge in [-0.2, -0.15) is 0 Å². The van der Waals surface area contributed by atoms with E-state index in [2.05, 4.69) is 26.6 Å². The zero-order chi connectivity index (χ0) is 21.6. The van der Waals surface area contributed by atoms with Crippen molar-refractivity contribution in [3.8, 4) is 0 Å². The molecule has 2 rings (SSSR count). The van der Waals surface area contributed by atoms with Crippen molar-refractivity contribution in [2.45, 2.75) is 6.92 Å². The number of benzene rings is 2. The van der Waals surface area contributed by atoms with Crippen LogP contribution in [0.15, 0.2) is 46.9 Å². The minimum Gasteiger partial charge on any atom is -0.343 e. The van der Waals surface area contributed by atoms with Crippen LogP contribution in [0.5, 0.6) is 0 Å². The predicted octanol–water partition coefficient (Wildman–Crippen LogP) is 2.49. The van der Waals surface area contributed by atoms with Gasteiger partial charge in [-0.25, -0.2) is 0 Å². The Balaban J connectivity index is 1.86. The number of nitro groups is 1. The Morgan fingerprint density at radius 3 is 2.55 bits per heavy atom. The average molecular weight is 463 g/mol. The van der Waals surface area contributed by atoms with Gasteiger partial charge in [0.1, 0.15) is 0 Å². The number of carbonyl (C=O) groups excluding carboxylic acids is 3. The van der Waals surface area contributed by atoms with Crippen LogP contribution in [-0.2, 0) is 9.59 Å². The summed E-state index contributed by atoms with van der Waals surface area (Å²) < 4.78 is 0.889. The Morgan fingerprint density at radius 1 is 1.17 bits per heavy atom. The van der Waals surface area contributed by atoms with Crippen molar-refractivity contribution in [1.29, 1.82) is 0 Å². The summed E-state index contributed by atoms with van der Waals surface area (Å²) in [4.78, 5) is 47.8. The van der Waals surface area contributed by atoms with Gasteiger partial charge in [-0.05, 0) is 36.8 Å². The van der Waals surface area contributed by atoms with E-state index in [-0.39, 0.29) is 30.2 Å². The van der Waals surface area contributed by atoms with Gasteiger partial charge in [-0.15, -0.1) is 0 Å². The minimum atomic E-state index is -0.620. The molecule has 2 aromatic carbocycles. The summed E-state index contributed by atoms with van der Waals surface area (Å²) in [6.07, 6.45) is 0. The summed E-state index contributed by atoms with van der Waals surface area (Å²) in [6.45, 7) is 1.31. The van der Waals surface area contributed by atoms with E-state index in [0.29, 0.717) is 5.69 Å². The van der Waals surface area contributed by atoms with E-state index in [1.807, 2.05) is 13.0 Å². The topological polar surface area (TPSA) is 122 Å². The van der Waals surface area contributed by atoms with Gasteiger partial charge in [-0.1, -0.05) is 22.0 Å². The molecule has 0 aliphatic rings. The summed E-state index contributed by atoms with van der Waals surface area (Å²) in [6, 6.07) is 10.6. The van der Waals surface area contributed by atoms with Crippen LogP contribution >= 0.6 is 15.9 Å². The van der Waals surface area contributed by atoms with Crippen molar-refractivity contribution < 1.29 is 19.3 Å². The fourth-order valence-electron chi connectivity index (χ4n) is 2.41. The first-order chi connectivity index (χ1) is 13.7. The number of anilines is 1. The molecule has 0 aliphatic heterocycles. The summed E-state index contributed by atoms with van der Waals surface area (Å²) in [7, 11) is 1.44. The fraction of sp³-hybridized carbons (Fsp3) is 0.211. The molecule has 10 heteroatoms. The van der Waals surface area contributed by atoms with Crippen LogP contribution in [0.2, 0.25) is 0 Å². The molecule has 0 saturated heterocycles. The number of hydrogen-bond acceptors (Lipinski definition) is 5. The normalized spacial score (nSPS) is 10.2. The number of amides is 3. The van der Waals surface area contributed by atoms with Crippen LogP contribution in [0.3, 0.4) is 0 Å². The van der Waals surface area contributed by atoms with Gasteiger partial charge < -0.3 is 15.5 Å². The van der Waals surface area contributed by atoms with E-state index in [1.54, 1.807) is 12.1 Å². The third-order valence-electron chi connectivity index (χ3n) is 3.99. The molecule has 9 nitrogen and oxygen atoms in total.